The predicted molar refractivity (Wildman–Crippen MR) is 119 cm³/mol. The average molecular weight is 405 g/mol. The third kappa shape index (κ3) is 4.39. The molecule has 2 aromatic carbocycles. The van der Waals surface area contributed by atoms with E-state index in [-0.39, 0.29) is 11.9 Å². The second-order valence-corrected chi connectivity index (χ2v) is 7.85. The minimum Gasteiger partial charge on any atom is -0.496 e. The number of methoxy groups -OCH3 is 1. The first-order valence-electron chi connectivity index (χ1n) is 10.3. The molecule has 1 atom stereocenters. The minimum absolute atomic E-state index is 0.0102. The second-order valence-electron chi connectivity index (χ2n) is 7.85. The summed E-state index contributed by atoms with van der Waals surface area (Å²) in [4.78, 5) is 16.9. The molecule has 6 heteroatoms. The second kappa shape index (κ2) is 8.71. The number of benzene rings is 2. The fourth-order valence-corrected chi connectivity index (χ4v) is 3.60. The Labute approximate surface area is 176 Å². The normalized spacial score (nSPS) is 16.1. The van der Waals surface area contributed by atoms with Crippen molar-refractivity contribution in [1.82, 2.24) is 10.3 Å². The number of amides is 1. The molecule has 0 bridgehead atoms. The highest BCUT2D eigenvalue weighted by atomic mass is 16.5. The van der Waals surface area contributed by atoms with E-state index in [0.29, 0.717) is 17.4 Å². The molecule has 3 aromatic rings. The standard InChI is InChI=1S/C24H27N3O3/c1-15(2)22-14-23(29-3)19-13-18(10-11-20(19)27-22)30-17-8-6-16(7-9-17)26-24(28)21-5-4-12-25-21/h6-11,13-15,21,25H,4-5,12H2,1-3H3,(H,26,28)/t21-/m0/s1. The van der Waals surface area contributed by atoms with Crippen LogP contribution in [0.3, 0.4) is 0 Å². The van der Waals surface area contributed by atoms with Crippen molar-refractivity contribution in [2.75, 3.05) is 19.0 Å². The number of nitrogens with zero attached hydrogens (tertiary/aromatic N) is 1. The zero-order valence-electron chi connectivity index (χ0n) is 17.6. The Balaban J connectivity index is 1.49. The van der Waals surface area contributed by atoms with Crippen LogP contribution >= 0.6 is 0 Å². The van der Waals surface area contributed by atoms with Crippen molar-refractivity contribution in [3.05, 3.63) is 54.2 Å². The van der Waals surface area contributed by atoms with Gasteiger partial charge in [0.15, 0.2) is 0 Å². The summed E-state index contributed by atoms with van der Waals surface area (Å²) in [6.07, 6.45) is 1.92. The van der Waals surface area contributed by atoms with Crippen molar-refractivity contribution in [1.29, 1.82) is 0 Å². The van der Waals surface area contributed by atoms with Gasteiger partial charge in [0, 0.05) is 22.8 Å². The van der Waals surface area contributed by atoms with E-state index in [9.17, 15) is 4.79 Å². The number of anilines is 1. The van der Waals surface area contributed by atoms with Gasteiger partial charge in [0.2, 0.25) is 5.91 Å². The minimum atomic E-state index is -0.0988. The van der Waals surface area contributed by atoms with E-state index >= 15 is 0 Å². The van der Waals surface area contributed by atoms with E-state index in [4.69, 9.17) is 14.5 Å². The van der Waals surface area contributed by atoms with Crippen LogP contribution in [-0.4, -0.2) is 30.6 Å². The van der Waals surface area contributed by atoms with Gasteiger partial charge in [-0.05, 0) is 67.8 Å². The largest absolute Gasteiger partial charge is 0.496 e. The zero-order valence-corrected chi connectivity index (χ0v) is 17.6. The van der Waals surface area contributed by atoms with Gasteiger partial charge in [0.1, 0.15) is 17.2 Å². The van der Waals surface area contributed by atoms with Crippen molar-refractivity contribution in [2.45, 2.75) is 38.6 Å². The molecule has 1 saturated heterocycles. The molecule has 2 N–H and O–H groups in total. The Morgan fingerprint density at radius 2 is 1.90 bits per heavy atom. The molecule has 0 unspecified atom stereocenters. The summed E-state index contributed by atoms with van der Waals surface area (Å²) >= 11 is 0. The van der Waals surface area contributed by atoms with Gasteiger partial charge in [-0.15, -0.1) is 0 Å². The quantitative estimate of drug-likeness (QED) is 0.613. The summed E-state index contributed by atoms with van der Waals surface area (Å²) in [6, 6.07) is 15.1. The summed E-state index contributed by atoms with van der Waals surface area (Å²) in [7, 11) is 1.67. The molecule has 1 amide bonds. The van der Waals surface area contributed by atoms with Crippen molar-refractivity contribution in [3.8, 4) is 17.2 Å². The zero-order chi connectivity index (χ0) is 21.1. The highest BCUT2D eigenvalue weighted by Crippen LogP contribution is 2.32. The number of nitrogens with one attached hydrogen (secondary N) is 2. The van der Waals surface area contributed by atoms with Crippen LogP contribution in [0, 0.1) is 0 Å². The smallest absolute Gasteiger partial charge is 0.241 e. The summed E-state index contributed by atoms with van der Waals surface area (Å²) in [5.74, 6) is 2.51. The molecule has 30 heavy (non-hydrogen) atoms. The summed E-state index contributed by atoms with van der Waals surface area (Å²) in [6.45, 7) is 5.12. The van der Waals surface area contributed by atoms with Gasteiger partial charge in [-0.1, -0.05) is 13.8 Å². The van der Waals surface area contributed by atoms with Crippen molar-refractivity contribution < 1.29 is 14.3 Å². The van der Waals surface area contributed by atoms with Gasteiger partial charge in [-0.3, -0.25) is 9.78 Å². The van der Waals surface area contributed by atoms with Crippen LogP contribution in [0.15, 0.2) is 48.5 Å². The number of fused-ring (bicyclic) bond motifs is 1. The topological polar surface area (TPSA) is 72.5 Å². The molecule has 1 aliphatic heterocycles. The highest BCUT2D eigenvalue weighted by molar-refractivity contribution is 5.95. The first-order valence-corrected chi connectivity index (χ1v) is 10.3. The molecule has 156 valence electrons. The number of carbonyl (C=O) groups is 1. The van der Waals surface area contributed by atoms with Gasteiger partial charge >= 0.3 is 0 Å². The lowest BCUT2D eigenvalue weighted by Crippen LogP contribution is -2.35. The maximum atomic E-state index is 12.2. The molecule has 1 aliphatic rings. The van der Waals surface area contributed by atoms with Gasteiger partial charge in [-0.2, -0.15) is 0 Å². The van der Waals surface area contributed by atoms with Crippen LogP contribution < -0.4 is 20.1 Å². The first kappa shape index (κ1) is 20.2. The fourth-order valence-electron chi connectivity index (χ4n) is 3.60. The number of hydrogen-bond donors (Lipinski definition) is 2. The predicted octanol–water partition coefficient (Wildman–Crippen LogP) is 4.85. The monoisotopic (exact) mass is 405 g/mol. The van der Waals surface area contributed by atoms with E-state index < -0.39 is 0 Å². The van der Waals surface area contributed by atoms with Gasteiger partial charge in [0.25, 0.3) is 0 Å². The van der Waals surface area contributed by atoms with Crippen LogP contribution in [0.25, 0.3) is 10.9 Å². The number of pyridine rings is 1. The maximum Gasteiger partial charge on any atom is 0.241 e. The Morgan fingerprint density at radius 1 is 1.13 bits per heavy atom. The molecule has 0 aliphatic carbocycles. The van der Waals surface area contributed by atoms with Gasteiger partial charge in [0.05, 0.1) is 18.7 Å². The molecular formula is C24H27N3O3. The molecule has 0 saturated carbocycles. The number of hydrogen-bond acceptors (Lipinski definition) is 5. The fraction of sp³-hybridized carbons (Fsp3) is 0.333. The SMILES string of the molecule is COc1cc(C(C)C)nc2ccc(Oc3ccc(NC(=O)[C@@H]4CCCN4)cc3)cc12. The molecule has 6 nitrogen and oxygen atoms in total. The molecule has 1 fully saturated rings. The van der Waals surface area contributed by atoms with Gasteiger partial charge in [-0.25, -0.2) is 0 Å². The molecule has 2 heterocycles. The maximum absolute atomic E-state index is 12.2. The van der Waals surface area contributed by atoms with E-state index in [1.54, 1.807) is 7.11 Å². The first-order chi connectivity index (χ1) is 14.5. The van der Waals surface area contributed by atoms with Crippen LogP contribution in [0.4, 0.5) is 5.69 Å². The lowest BCUT2D eigenvalue weighted by Gasteiger charge is -2.13. The summed E-state index contributed by atoms with van der Waals surface area (Å²) in [5, 5.41) is 7.06. The van der Waals surface area contributed by atoms with Crippen LogP contribution in [0.2, 0.25) is 0 Å². The van der Waals surface area contributed by atoms with Crippen LogP contribution in [-0.2, 0) is 4.79 Å². The van der Waals surface area contributed by atoms with E-state index in [1.165, 1.54) is 0 Å². The Kier molecular flexibility index (Phi) is 5.86. The molecule has 4 rings (SSSR count). The third-order valence-electron chi connectivity index (χ3n) is 5.31. The van der Waals surface area contributed by atoms with Crippen molar-refractivity contribution in [2.24, 2.45) is 0 Å². The number of aromatic nitrogens is 1. The summed E-state index contributed by atoms with van der Waals surface area (Å²) in [5.41, 5.74) is 2.63. The van der Waals surface area contributed by atoms with E-state index in [2.05, 4.69) is 24.5 Å². The van der Waals surface area contributed by atoms with Crippen molar-refractivity contribution >= 4 is 22.5 Å². The lowest BCUT2D eigenvalue weighted by molar-refractivity contribution is -0.117. The Bertz CT molecular complexity index is 1040. The van der Waals surface area contributed by atoms with Gasteiger partial charge < -0.3 is 20.1 Å². The molecule has 1 aromatic heterocycles. The number of rotatable bonds is 6. The number of carbonyl (C=O) groups excluding carboxylic acids is 1. The third-order valence-corrected chi connectivity index (χ3v) is 5.31. The lowest BCUT2D eigenvalue weighted by atomic mass is 10.1. The molecular weight excluding hydrogens is 378 g/mol. The Morgan fingerprint density at radius 3 is 2.57 bits per heavy atom. The highest BCUT2D eigenvalue weighted by Gasteiger charge is 2.21. The van der Waals surface area contributed by atoms with E-state index in [1.807, 2.05) is 48.5 Å². The number of ether oxygens (including phenoxy) is 2. The van der Waals surface area contributed by atoms with Crippen LogP contribution in [0.1, 0.15) is 38.3 Å². The van der Waals surface area contributed by atoms with E-state index in [0.717, 1.165) is 47.4 Å². The molecule has 0 radical (unpaired) electrons. The molecule has 0 spiro atoms. The van der Waals surface area contributed by atoms with Crippen LogP contribution in [0.5, 0.6) is 17.2 Å². The Hall–Kier alpha value is -3.12. The van der Waals surface area contributed by atoms with Crippen molar-refractivity contribution in [3.63, 3.8) is 0 Å². The average Bonchev–Trinajstić information content (AvgIpc) is 3.29. The summed E-state index contributed by atoms with van der Waals surface area (Å²) < 4.78 is 11.6.